The van der Waals surface area contributed by atoms with Crippen LogP contribution in [-0.4, -0.2) is 50.1 Å². The van der Waals surface area contributed by atoms with E-state index in [1.54, 1.807) is 7.05 Å². The number of rotatable bonds is 9. The average molecular weight is 429 g/mol. The summed E-state index contributed by atoms with van der Waals surface area (Å²) < 4.78 is 43.1. The lowest BCUT2D eigenvalue weighted by atomic mass is 9.79. The second kappa shape index (κ2) is 11.6. The Labute approximate surface area is 178 Å². The summed E-state index contributed by atoms with van der Waals surface area (Å²) in [6.07, 6.45) is 4.85. The Bertz CT molecular complexity index is 639. The number of hydrogen-bond acceptors (Lipinski definition) is 3. The highest BCUT2D eigenvalue weighted by Gasteiger charge is 2.30. The van der Waals surface area contributed by atoms with Crippen molar-refractivity contribution in [2.75, 3.05) is 34.2 Å². The monoisotopic (exact) mass is 428 g/mol. The molecule has 1 aromatic carbocycles. The molecule has 0 radical (unpaired) electrons. The number of alkyl halides is 3. The van der Waals surface area contributed by atoms with Gasteiger partial charge in [0, 0.05) is 13.6 Å². The first-order chi connectivity index (χ1) is 14.1. The molecule has 0 aliphatic heterocycles. The molecular formula is C23H35F3N2O2. The minimum absolute atomic E-state index is 0.123. The minimum Gasteiger partial charge on any atom is -0.410 e. The number of amides is 1. The highest BCUT2D eigenvalue weighted by molar-refractivity contribution is 5.70. The van der Waals surface area contributed by atoms with Crippen LogP contribution in [0.2, 0.25) is 0 Å². The maximum Gasteiger partial charge on any atom is 0.416 e. The Morgan fingerprint density at radius 3 is 2.13 bits per heavy atom. The van der Waals surface area contributed by atoms with Gasteiger partial charge in [-0.15, -0.1) is 0 Å². The normalized spacial score (nSPS) is 19.7. The zero-order valence-corrected chi connectivity index (χ0v) is 18.4. The van der Waals surface area contributed by atoms with Crippen LogP contribution in [0.5, 0.6) is 5.75 Å². The van der Waals surface area contributed by atoms with E-state index in [-0.39, 0.29) is 5.75 Å². The van der Waals surface area contributed by atoms with Gasteiger partial charge in [-0.1, -0.05) is 32.1 Å². The van der Waals surface area contributed by atoms with Crippen molar-refractivity contribution in [3.8, 4) is 5.75 Å². The quantitative estimate of drug-likeness (QED) is 0.448. The molecule has 2 rings (SSSR count). The third-order valence-electron chi connectivity index (χ3n) is 5.91. The summed E-state index contributed by atoms with van der Waals surface area (Å²) in [5.41, 5.74) is -0.759. The number of ether oxygens (including phenoxy) is 1. The lowest BCUT2D eigenvalue weighted by molar-refractivity contribution is -0.137. The van der Waals surface area contributed by atoms with Crippen LogP contribution in [0.15, 0.2) is 24.3 Å². The van der Waals surface area contributed by atoms with Crippen molar-refractivity contribution in [3.63, 3.8) is 0 Å². The van der Waals surface area contributed by atoms with Crippen LogP contribution in [-0.2, 0) is 6.18 Å². The number of unbranched alkanes of at least 4 members (excludes halogenated alkanes) is 2. The molecule has 1 fully saturated rings. The van der Waals surface area contributed by atoms with E-state index in [4.69, 9.17) is 4.74 Å². The number of halogens is 3. The number of hydrogen-bond donors (Lipinski definition) is 0. The molecule has 0 N–H and O–H groups in total. The Kier molecular flexibility index (Phi) is 9.46. The third kappa shape index (κ3) is 8.54. The van der Waals surface area contributed by atoms with Gasteiger partial charge >= 0.3 is 12.3 Å². The summed E-state index contributed by atoms with van der Waals surface area (Å²) >= 11 is 0. The van der Waals surface area contributed by atoms with Gasteiger partial charge < -0.3 is 14.5 Å². The molecule has 0 bridgehead atoms. The summed E-state index contributed by atoms with van der Waals surface area (Å²) in [4.78, 5) is 16.0. The predicted octanol–water partition coefficient (Wildman–Crippen LogP) is 6.06. The largest absolute Gasteiger partial charge is 0.416 e. The van der Waals surface area contributed by atoms with Crippen LogP contribution in [0.1, 0.15) is 56.9 Å². The molecule has 0 aromatic heterocycles. The summed E-state index contributed by atoms with van der Waals surface area (Å²) in [7, 11) is 5.90. The minimum atomic E-state index is -4.40. The van der Waals surface area contributed by atoms with Crippen LogP contribution in [0.4, 0.5) is 18.0 Å². The number of benzene rings is 1. The third-order valence-corrected chi connectivity index (χ3v) is 5.91. The molecule has 4 nitrogen and oxygen atoms in total. The lowest BCUT2D eigenvalue weighted by Gasteiger charge is -2.31. The molecule has 0 spiro atoms. The molecule has 1 aliphatic rings. The highest BCUT2D eigenvalue weighted by Crippen LogP contribution is 2.33. The molecule has 7 heteroatoms. The zero-order valence-electron chi connectivity index (χ0n) is 18.4. The molecule has 0 atom stereocenters. The summed E-state index contributed by atoms with van der Waals surface area (Å²) in [6.45, 7) is 1.77. The molecule has 0 saturated heterocycles. The number of carbonyl (C=O) groups is 1. The van der Waals surface area contributed by atoms with E-state index in [0.717, 1.165) is 37.4 Å². The number of nitrogens with zero attached hydrogens (tertiary/aromatic N) is 2. The molecule has 0 heterocycles. The van der Waals surface area contributed by atoms with Crippen molar-refractivity contribution in [1.29, 1.82) is 0 Å². The van der Waals surface area contributed by atoms with Crippen molar-refractivity contribution in [3.05, 3.63) is 29.8 Å². The maximum absolute atomic E-state index is 12.6. The molecule has 1 aliphatic carbocycles. The summed E-state index contributed by atoms with van der Waals surface area (Å²) in [6, 6.07) is 4.20. The Hall–Kier alpha value is -1.76. The van der Waals surface area contributed by atoms with Crippen molar-refractivity contribution < 1.29 is 22.7 Å². The first-order valence-corrected chi connectivity index (χ1v) is 10.9. The SMILES string of the molecule is CN(C)CCCCC[C@H]1CC[C@H](CN(C)C(=O)Oc2ccc(C(F)(F)F)cc2)CC1. The van der Waals surface area contributed by atoms with E-state index in [0.29, 0.717) is 12.5 Å². The lowest BCUT2D eigenvalue weighted by Crippen LogP contribution is -2.35. The second-order valence-corrected chi connectivity index (χ2v) is 8.81. The maximum atomic E-state index is 12.6. The van der Waals surface area contributed by atoms with Gasteiger partial charge in [0.15, 0.2) is 0 Å². The van der Waals surface area contributed by atoms with Gasteiger partial charge in [0.2, 0.25) is 0 Å². The topological polar surface area (TPSA) is 32.8 Å². The van der Waals surface area contributed by atoms with Crippen LogP contribution in [0, 0.1) is 11.8 Å². The zero-order chi connectivity index (χ0) is 22.1. The van der Waals surface area contributed by atoms with Crippen LogP contribution >= 0.6 is 0 Å². The van der Waals surface area contributed by atoms with E-state index in [1.165, 1.54) is 55.6 Å². The van der Waals surface area contributed by atoms with Gasteiger partial charge in [-0.3, -0.25) is 0 Å². The van der Waals surface area contributed by atoms with Crippen LogP contribution < -0.4 is 4.74 Å². The van der Waals surface area contributed by atoms with Crippen LogP contribution in [0.3, 0.4) is 0 Å². The fraction of sp³-hybridized carbons (Fsp3) is 0.696. The highest BCUT2D eigenvalue weighted by atomic mass is 19.4. The number of carbonyl (C=O) groups excluding carboxylic acids is 1. The van der Waals surface area contributed by atoms with Gasteiger partial charge in [-0.2, -0.15) is 13.2 Å². The van der Waals surface area contributed by atoms with Crippen molar-refractivity contribution in [1.82, 2.24) is 9.80 Å². The van der Waals surface area contributed by atoms with Gasteiger partial charge in [-0.05, 0) is 76.0 Å². The van der Waals surface area contributed by atoms with Gasteiger partial charge in [0.1, 0.15) is 5.75 Å². The van der Waals surface area contributed by atoms with E-state index in [2.05, 4.69) is 19.0 Å². The molecule has 0 unspecified atom stereocenters. The van der Waals surface area contributed by atoms with E-state index in [9.17, 15) is 18.0 Å². The smallest absolute Gasteiger partial charge is 0.410 e. The first-order valence-electron chi connectivity index (χ1n) is 10.9. The Morgan fingerprint density at radius 2 is 1.57 bits per heavy atom. The first kappa shape index (κ1) is 24.5. The predicted molar refractivity (Wildman–Crippen MR) is 113 cm³/mol. The standard InChI is InChI=1S/C23H35F3N2O2/c1-27(2)16-6-4-5-7-18-8-10-19(11-9-18)17-28(3)22(29)30-21-14-12-20(13-15-21)23(24,25)26/h12-15,18-19H,4-11,16-17H2,1-3H3/t18-,19-. The van der Waals surface area contributed by atoms with E-state index >= 15 is 0 Å². The van der Waals surface area contributed by atoms with Crippen molar-refractivity contribution >= 4 is 6.09 Å². The molecular weight excluding hydrogens is 393 g/mol. The van der Waals surface area contributed by atoms with E-state index in [1.807, 2.05) is 0 Å². The van der Waals surface area contributed by atoms with E-state index < -0.39 is 17.8 Å². The Morgan fingerprint density at radius 1 is 0.967 bits per heavy atom. The summed E-state index contributed by atoms with van der Waals surface area (Å²) in [5, 5.41) is 0. The molecule has 30 heavy (non-hydrogen) atoms. The average Bonchev–Trinajstić information content (AvgIpc) is 2.68. The van der Waals surface area contributed by atoms with Gasteiger partial charge in [0.25, 0.3) is 0 Å². The van der Waals surface area contributed by atoms with Crippen LogP contribution in [0.25, 0.3) is 0 Å². The van der Waals surface area contributed by atoms with Crippen molar-refractivity contribution in [2.45, 2.75) is 57.5 Å². The van der Waals surface area contributed by atoms with Crippen molar-refractivity contribution in [2.24, 2.45) is 11.8 Å². The molecule has 170 valence electrons. The second-order valence-electron chi connectivity index (χ2n) is 8.81. The molecule has 1 amide bonds. The van der Waals surface area contributed by atoms with Gasteiger partial charge in [-0.25, -0.2) is 4.79 Å². The fourth-order valence-corrected chi connectivity index (χ4v) is 4.09. The summed E-state index contributed by atoms with van der Waals surface area (Å²) in [5.74, 6) is 1.38. The van der Waals surface area contributed by atoms with Gasteiger partial charge in [0.05, 0.1) is 5.56 Å². The molecule has 1 saturated carbocycles. The Balaban J connectivity index is 1.66. The fourth-order valence-electron chi connectivity index (χ4n) is 4.09. The molecule has 1 aromatic rings.